The zero-order valence-electron chi connectivity index (χ0n) is 7.90. The number of rotatable bonds is 4. The number of aliphatic hydroxyl groups excluding tert-OH is 1. The Labute approximate surface area is 82.0 Å². The van der Waals surface area contributed by atoms with E-state index >= 15 is 0 Å². The van der Waals surface area contributed by atoms with Gasteiger partial charge in [-0.15, -0.1) is 0 Å². The molecule has 0 bridgehead atoms. The molecular weight excluding hydrogens is 182 g/mol. The summed E-state index contributed by atoms with van der Waals surface area (Å²) in [6.45, 7) is 2.09. The molecule has 1 atom stereocenters. The Morgan fingerprint density at radius 1 is 1.79 bits per heavy atom. The Balaban J connectivity index is 2.69. The molecule has 1 rings (SSSR count). The number of amides is 1. The number of primary amides is 1. The van der Waals surface area contributed by atoms with Crippen molar-refractivity contribution >= 4 is 11.6 Å². The minimum Gasteiger partial charge on any atom is -0.392 e. The molecule has 4 N–H and O–H groups in total. The van der Waals surface area contributed by atoms with E-state index in [2.05, 4.69) is 10.3 Å². The van der Waals surface area contributed by atoms with Crippen LogP contribution in [0.25, 0.3) is 0 Å². The molecule has 0 radical (unpaired) electrons. The fraction of sp³-hybridized carbons (Fsp3) is 0.333. The number of carbonyl (C=O) groups is 1. The number of hydrogen-bond acceptors (Lipinski definition) is 4. The molecule has 0 unspecified atom stereocenters. The summed E-state index contributed by atoms with van der Waals surface area (Å²) in [4.78, 5) is 14.6. The molecule has 0 saturated carbocycles. The first kappa shape index (κ1) is 10.5. The highest BCUT2D eigenvalue weighted by atomic mass is 16.3. The summed E-state index contributed by atoms with van der Waals surface area (Å²) in [6, 6.07) is 3.25. The van der Waals surface area contributed by atoms with E-state index in [1.807, 2.05) is 0 Å². The van der Waals surface area contributed by atoms with E-state index < -0.39 is 12.0 Å². The molecule has 5 heteroatoms. The van der Waals surface area contributed by atoms with Crippen molar-refractivity contribution < 1.29 is 9.90 Å². The van der Waals surface area contributed by atoms with Crippen molar-refractivity contribution in [1.82, 2.24) is 4.98 Å². The van der Waals surface area contributed by atoms with Gasteiger partial charge < -0.3 is 16.2 Å². The topological polar surface area (TPSA) is 88.2 Å². The van der Waals surface area contributed by atoms with Crippen molar-refractivity contribution in [1.29, 1.82) is 0 Å². The molecule has 14 heavy (non-hydrogen) atoms. The quantitative estimate of drug-likeness (QED) is 0.629. The molecule has 0 aliphatic rings. The van der Waals surface area contributed by atoms with Gasteiger partial charge in [0.15, 0.2) is 0 Å². The van der Waals surface area contributed by atoms with Gasteiger partial charge in [-0.05, 0) is 19.1 Å². The molecule has 1 amide bonds. The number of pyridine rings is 1. The summed E-state index contributed by atoms with van der Waals surface area (Å²) in [5, 5.41) is 12.0. The fourth-order valence-corrected chi connectivity index (χ4v) is 0.941. The van der Waals surface area contributed by atoms with Crippen molar-refractivity contribution in [3.63, 3.8) is 0 Å². The van der Waals surface area contributed by atoms with Gasteiger partial charge >= 0.3 is 0 Å². The number of nitrogens with one attached hydrogen (secondary N) is 1. The fourth-order valence-electron chi connectivity index (χ4n) is 0.941. The number of carbonyl (C=O) groups excluding carboxylic acids is 1. The summed E-state index contributed by atoms with van der Waals surface area (Å²) in [6.07, 6.45) is 1.05. The van der Waals surface area contributed by atoms with Gasteiger partial charge in [0.05, 0.1) is 6.10 Å². The molecular formula is C9H13N3O2. The lowest BCUT2D eigenvalue weighted by atomic mass is 10.3. The molecule has 0 fully saturated rings. The van der Waals surface area contributed by atoms with Gasteiger partial charge in [0.1, 0.15) is 5.69 Å². The largest absolute Gasteiger partial charge is 0.392 e. The molecule has 76 valence electrons. The van der Waals surface area contributed by atoms with Gasteiger partial charge in [-0.2, -0.15) is 0 Å². The van der Waals surface area contributed by atoms with Crippen LogP contribution in [0.3, 0.4) is 0 Å². The van der Waals surface area contributed by atoms with Crippen LogP contribution < -0.4 is 11.1 Å². The third-order valence-corrected chi connectivity index (χ3v) is 1.61. The van der Waals surface area contributed by atoms with Crippen molar-refractivity contribution in [2.24, 2.45) is 5.73 Å². The summed E-state index contributed by atoms with van der Waals surface area (Å²) in [7, 11) is 0. The Hall–Kier alpha value is -1.62. The van der Waals surface area contributed by atoms with Gasteiger partial charge in [-0.1, -0.05) is 0 Å². The summed E-state index contributed by atoms with van der Waals surface area (Å²) in [5.74, 6) is -0.564. The summed E-state index contributed by atoms with van der Waals surface area (Å²) >= 11 is 0. The zero-order chi connectivity index (χ0) is 10.6. The highest BCUT2D eigenvalue weighted by molar-refractivity contribution is 5.91. The van der Waals surface area contributed by atoms with Crippen molar-refractivity contribution in [3.05, 3.63) is 24.0 Å². The maximum atomic E-state index is 10.8. The van der Waals surface area contributed by atoms with Gasteiger partial charge in [0, 0.05) is 18.4 Å². The standard InChI is InChI=1S/C9H13N3O2/c1-6(13)5-12-7-2-3-11-8(4-7)9(10)14/h2-4,6,13H,5H2,1H3,(H2,10,14)(H,11,12)/t6-/m1/s1. The average Bonchev–Trinajstić information content (AvgIpc) is 2.15. The van der Waals surface area contributed by atoms with Crippen LogP contribution in [-0.4, -0.2) is 28.6 Å². The van der Waals surface area contributed by atoms with E-state index in [0.717, 1.165) is 5.69 Å². The van der Waals surface area contributed by atoms with Gasteiger partial charge in [-0.25, -0.2) is 0 Å². The lowest BCUT2D eigenvalue weighted by Gasteiger charge is -2.08. The predicted molar refractivity (Wildman–Crippen MR) is 52.9 cm³/mol. The lowest BCUT2D eigenvalue weighted by molar-refractivity contribution is 0.0995. The second kappa shape index (κ2) is 4.57. The van der Waals surface area contributed by atoms with E-state index in [-0.39, 0.29) is 5.69 Å². The Morgan fingerprint density at radius 3 is 3.07 bits per heavy atom. The van der Waals surface area contributed by atoms with E-state index in [9.17, 15) is 4.79 Å². The first-order valence-corrected chi connectivity index (χ1v) is 4.27. The molecule has 0 spiro atoms. The first-order chi connectivity index (χ1) is 6.59. The van der Waals surface area contributed by atoms with Crippen LogP contribution in [0.4, 0.5) is 5.69 Å². The van der Waals surface area contributed by atoms with E-state index in [4.69, 9.17) is 10.8 Å². The SMILES string of the molecule is C[C@@H](O)CNc1ccnc(C(N)=O)c1. The normalized spacial score (nSPS) is 12.1. The third-order valence-electron chi connectivity index (χ3n) is 1.61. The third kappa shape index (κ3) is 3.02. The first-order valence-electron chi connectivity index (χ1n) is 4.27. The Morgan fingerprint density at radius 2 is 2.50 bits per heavy atom. The molecule has 0 saturated heterocycles. The van der Waals surface area contributed by atoms with Crippen LogP contribution in [0.2, 0.25) is 0 Å². The van der Waals surface area contributed by atoms with Crippen LogP contribution in [0, 0.1) is 0 Å². The smallest absolute Gasteiger partial charge is 0.267 e. The van der Waals surface area contributed by atoms with Gasteiger partial charge in [0.25, 0.3) is 5.91 Å². The minimum absolute atomic E-state index is 0.209. The summed E-state index contributed by atoms with van der Waals surface area (Å²) < 4.78 is 0. The maximum Gasteiger partial charge on any atom is 0.267 e. The van der Waals surface area contributed by atoms with Crippen LogP contribution >= 0.6 is 0 Å². The second-order valence-corrected chi connectivity index (χ2v) is 3.02. The van der Waals surface area contributed by atoms with Gasteiger partial charge in [0.2, 0.25) is 0 Å². The number of nitrogens with two attached hydrogens (primary N) is 1. The van der Waals surface area contributed by atoms with Crippen molar-refractivity contribution in [2.75, 3.05) is 11.9 Å². The molecule has 1 aromatic heterocycles. The van der Waals surface area contributed by atoms with E-state index in [0.29, 0.717) is 6.54 Å². The van der Waals surface area contributed by atoms with E-state index in [1.54, 1.807) is 19.1 Å². The Kier molecular flexibility index (Phi) is 3.41. The number of anilines is 1. The molecule has 1 aromatic rings. The predicted octanol–water partition coefficient (Wildman–Crippen LogP) is -0.0268. The zero-order valence-corrected chi connectivity index (χ0v) is 7.90. The average molecular weight is 195 g/mol. The number of hydrogen-bond donors (Lipinski definition) is 3. The van der Waals surface area contributed by atoms with Crippen LogP contribution in [-0.2, 0) is 0 Å². The van der Waals surface area contributed by atoms with Crippen molar-refractivity contribution in [3.8, 4) is 0 Å². The van der Waals surface area contributed by atoms with E-state index in [1.165, 1.54) is 6.20 Å². The molecule has 0 aliphatic carbocycles. The highest BCUT2D eigenvalue weighted by Gasteiger charge is 2.02. The monoisotopic (exact) mass is 195 g/mol. The highest BCUT2D eigenvalue weighted by Crippen LogP contribution is 2.07. The molecule has 0 aliphatic heterocycles. The minimum atomic E-state index is -0.564. The maximum absolute atomic E-state index is 10.8. The van der Waals surface area contributed by atoms with Crippen LogP contribution in [0.1, 0.15) is 17.4 Å². The summed E-state index contributed by atoms with van der Waals surface area (Å²) in [5.41, 5.74) is 5.99. The van der Waals surface area contributed by atoms with Crippen LogP contribution in [0.15, 0.2) is 18.3 Å². The number of aromatic nitrogens is 1. The van der Waals surface area contributed by atoms with Crippen molar-refractivity contribution in [2.45, 2.75) is 13.0 Å². The van der Waals surface area contributed by atoms with Gasteiger partial charge in [-0.3, -0.25) is 9.78 Å². The second-order valence-electron chi connectivity index (χ2n) is 3.02. The molecule has 1 heterocycles. The lowest BCUT2D eigenvalue weighted by Crippen LogP contribution is -2.17. The van der Waals surface area contributed by atoms with Crippen LogP contribution in [0.5, 0.6) is 0 Å². The number of aliphatic hydroxyl groups is 1. The molecule has 0 aromatic carbocycles. The number of nitrogens with zero attached hydrogens (tertiary/aromatic N) is 1. The molecule has 5 nitrogen and oxygen atoms in total. The Bertz CT molecular complexity index is 326.